The van der Waals surface area contributed by atoms with Crippen molar-refractivity contribution in [3.05, 3.63) is 35.8 Å². The number of likely N-dealkylation sites (N-methyl/N-ethyl adjacent to an activating group) is 1. The summed E-state index contributed by atoms with van der Waals surface area (Å²) >= 11 is 0. The number of nitrogens with zero attached hydrogens (tertiary/aromatic N) is 3. The monoisotopic (exact) mass is 416 g/mol. The summed E-state index contributed by atoms with van der Waals surface area (Å²) in [5.74, 6) is 1.18. The molecule has 1 aromatic heterocycles. The smallest absolute Gasteiger partial charge is 0.191 e. The number of aromatic amines is 1. The Bertz CT molecular complexity index is 809. The SMILES string of the molecule is CCNC(=NCC(C)CN1CCN(CC)CC1)NCCc1c[nH]c2cc(F)ccc12. The number of fused-ring (bicyclic) bond motifs is 1. The highest BCUT2D eigenvalue weighted by Crippen LogP contribution is 2.19. The second-order valence-electron chi connectivity index (χ2n) is 8.24. The number of hydrogen-bond donors (Lipinski definition) is 3. The number of piperazine rings is 1. The number of guanidine groups is 1. The standard InChI is InChI=1S/C23H37FN6/c1-4-25-23(28-15-18(3)17-30-12-10-29(5-2)11-13-30)26-9-8-19-16-27-22-14-20(24)6-7-21(19)22/h6-7,14,16,18,27H,4-5,8-13,15,17H2,1-3H3,(H2,25,26,28). The van der Waals surface area contributed by atoms with Crippen molar-refractivity contribution in [2.24, 2.45) is 10.9 Å². The van der Waals surface area contributed by atoms with Crippen LogP contribution in [0.4, 0.5) is 4.39 Å². The van der Waals surface area contributed by atoms with Crippen LogP contribution >= 0.6 is 0 Å². The van der Waals surface area contributed by atoms with Crippen LogP contribution in [-0.2, 0) is 6.42 Å². The Morgan fingerprint density at radius 2 is 1.93 bits per heavy atom. The first kappa shape index (κ1) is 22.6. The maximum absolute atomic E-state index is 13.4. The summed E-state index contributed by atoms with van der Waals surface area (Å²) in [5, 5.41) is 7.86. The Hall–Kier alpha value is -2.12. The van der Waals surface area contributed by atoms with Crippen LogP contribution in [0.15, 0.2) is 29.4 Å². The Kier molecular flexibility index (Phi) is 8.51. The van der Waals surface area contributed by atoms with Gasteiger partial charge in [0.1, 0.15) is 5.82 Å². The van der Waals surface area contributed by atoms with Gasteiger partial charge in [-0.25, -0.2) is 4.39 Å². The van der Waals surface area contributed by atoms with Crippen LogP contribution < -0.4 is 10.6 Å². The maximum atomic E-state index is 13.4. The van der Waals surface area contributed by atoms with Crippen LogP contribution in [0.3, 0.4) is 0 Å². The minimum Gasteiger partial charge on any atom is -0.361 e. The molecule has 1 fully saturated rings. The van der Waals surface area contributed by atoms with Crippen molar-refractivity contribution >= 4 is 16.9 Å². The Morgan fingerprint density at radius 1 is 1.17 bits per heavy atom. The van der Waals surface area contributed by atoms with E-state index in [2.05, 4.69) is 46.2 Å². The lowest BCUT2D eigenvalue weighted by Gasteiger charge is -2.35. The highest BCUT2D eigenvalue weighted by atomic mass is 19.1. The van der Waals surface area contributed by atoms with Crippen molar-refractivity contribution in [2.45, 2.75) is 27.2 Å². The van der Waals surface area contributed by atoms with Crippen LogP contribution in [0, 0.1) is 11.7 Å². The summed E-state index contributed by atoms with van der Waals surface area (Å²) < 4.78 is 13.4. The van der Waals surface area contributed by atoms with Crippen molar-refractivity contribution in [1.82, 2.24) is 25.4 Å². The fraction of sp³-hybridized carbons (Fsp3) is 0.609. The first-order valence-corrected chi connectivity index (χ1v) is 11.3. The number of nitrogens with one attached hydrogen (secondary N) is 3. The van der Waals surface area contributed by atoms with E-state index in [0.29, 0.717) is 5.92 Å². The van der Waals surface area contributed by atoms with E-state index in [1.54, 1.807) is 6.07 Å². The average molecular weight is 417 g/mol. The molecule has 0 aliphatic carbocycles. The predicted molar refractivity (Wildman–Crippen MR) is 124 cm³/mol. The first-order valence-electron chi connectivity index (χ1n) is 11.3. The largest absolute Gasteiger partial charge is 0.361 e. The van der Waals surface area contributed by atoms with Gasteiger partial charge >= 0.3 is 0 Å². The van der Waals surface area contributed by atoms with E-state index in [4.69, 9.17) is 4.99 Å². The Balaban J connectivity index is 1.45. The average Bonchev–Trinajstić information content (AvgIpc) is 3.14. The number of hydrogen-bond acceptors (Lipinski definition) is 3. The van der Waals surface area contributed by atoms with Crippen molar-refractivity contribution < 1.29 is 4.39 Å². The van der Waals surface area contributed by atoms with Crippen molar-refractivity contribution in [2.75, 3.05) is 58.9 Å². The highest BCUT2D eigenvalue weighted by Gasteiger charge is 2.17. The minimum absolute atomic E-state index is 0.211. The van der Waals surface area contributed by atoms with Gasteiger partial charge in [-0.05, 0) is 49.6 Å². The third kappa shape index (κ3) is 6.44. The number of H-pyrrole nitrogens is 1. The molecular weight excluding hydrogens is 379 g/mol. The highest BCUT2D eigenvalue weighted by molar-refractivity contribution is 5.83. The second kappa shape index (κ2) is 11.3. The van der Waals surface area contributed by atoms with Gasteiger partial charge in [0.05, 0.1) is 0 Å². The molecule has 0 saturated carbocycles. The second-order valence-corrected chi connectivity index (χ2v) is 8.24. The number of aliphatic imine (C=N–C) groups is 1. The Labute approximate surface area is 179 Å². The molecule has 1 atom stereocenters. The van der Waals surface area contributed by atoms with Gasteiger partial charge in [0.15, 0.2) is 5.96 Å². The molecule has 0 spiro atoms. The van der Waals surface area contributed by atoms with Crippen LogP contribution in [0.2, 0.25) is 0 Å². The molecule has 1 unspecified atom stereocenters. The van der Waals surface area contributed by atoms with E-state index < -0.39 is 0 Å². The molecule has 3 N–H and O–H groups in total. The van der Waals surface area contributed by atoms with E-state index in [9.17, 15) is 4.39 Å². The lowest BCUT2D eigenvalue weighted by atomic mass is 10.1. The van der Waals surface area contributed by atoms with Crippen LogP contribution in [-0.4, -0.2) is 79.6 Å². The predicted octanol–water partition coefficient (Wildman–Crippen LogP) is 2.68. The van der Waals surface area contributed by atoms with E-state index >= 15 is 0 Å². The van der Waals surface area contributed by atoms with E-state index in [1.807, 2.05) is 12.3 Å². The van der Waals surface area contributed by atoms with Crippen molar-refractivity contribution in [3.63, 3.8) is 0 Å². The third-order valence-corrected chi connectivity index (χ3v) is 5.80. The van der Waals surface area contributed by atoms with Gasteiger partial charge in [0.25, 0.3) is 0 Å². The number of rotatable bonds is 9. The van der Waals surface area contributed by atoms with Gasteiger partial charge in [-0.1, -0.05) is 13.8 Å². The molecule has 1 aromatic carbocycles. The van der Waals surface area contributed by atoms with Gasteiger partial charge in [-0.2, -0.15) is 0 Å². The molecule has 30 heavy (non-hydrogen) atoms. The Morgan fingerprint density at radius 3 is 2.67 bits per heavy atom. The van der Waals surface area contributed by atoms with Crippen LogP contribution in [0.25, 0.3) is 10.9 Å². The molecule has 1 aliphatic heterocycles. The fourth-order valence-corrected chi connectivity index (χ4v) is 4.06. The lowest BCUT2D eigenvalue weighted by Crippen LogP contribution is -2.47. The van der Waals surface area contributed by atoms with Crippen LogP contribution in [0.5, 0.6) is 0 Å². The molecule has 0 bridgehead atoms. The molecule has 2 aromatic rings. The summed E-state index contributed by atoms with van der Waals surface area (Å²) in [7, 11) is 0. The quantitative estimate of drug-likeness (QED) is 0.435. The maximum Gasteiger partial charge on any atom is 0.191 e. The van der Waals surface area contributed by atoms with Crippen LogP contribution in [0.1, 0.15) is 26.3 Å². The molecule has 7 heteroatoms. The van der Waals surface area contributed by atoms with E-state index in [1.165, 1.54) is 24.7 Å². The molecule has 0 amide bonds. The summed E-state index contributed by atoms with van der Waals surface area (Å²) in [6.45, 7) is 16.0. The lowest BCUT2D eigenvalue weighted by molar-refractivity contribution is 0.125. The van der Waals surface area contributed by atoms with Gasteiger partial charge in [-0.3, -0.25) is 4.99 Å². The zero-order valence-electron chi connectivity index (χ0n) is 18.7. The number of halogens is 1. The van der Waals surface area contributed by atoms with Gasteiger partial charge in [0, 0.05) is 69.5 Å². The van der Waals surface area contributed by atoms with E-state index in [0.717, 1.165) is 69.1 Å². The molecule has 2 heterocycles. The summed E-state index contributed by atoms with van der Waals surface area (Å²) in [5.41, 5.74) is 2.03. The van der Waals surface area contributed by atoms with Gasteiger partial charge in [0.2, 0.25) is 0 Å². The molecule has 0 radical (unpaired) electrons. The number of benzene rings is 1. The zero-order valence-corrected chi connectivity index (χ0v) is 18.7. The molecule has 1 saturated heterocycles. The number of aromatic nitrogens is 1. The summed E-state index contributed by atoms with van der Waals surface area (Å²) in [6.07, 6.45) is 2.82. The molecular formula is C23H37FN6. The third-order valence-electron chi connectivity index (χ3n) is 5.80. The zero-order chi connectivity index (χ0) is 21.3. The van der Waals surface area contributed by atoms with Crippen molar-refractivity contribution in [3.8, 4) is 0 Å². The topological polar surface area (TPSA) is 58.7 Å². The molecule has 6 nitrogen and oxygen atoms in total. The van der Waals surface area contributed by atoms with Gasteiger partial charge in [-0.15, -0.1) is 0 Å². The van der Waals surface area contributed by atoms with Gasteiger partial charge < -0.3 is 25.4 Å². The molecule has 3 rings (SSSR count). The summed E-state index contributed by atoms with van der Waals surface area (Å²) in [6, 6.07) is 4.90. The summed E-state index contributed by atoms with van der Waals surface area (Å²) in [4.78, 5) is 13.0. The molecule has 166 valence electrons. The van der Waals surface area contributed by atoms with E-state index in [-0.39, 0.29) is 5.82 Å². The fourth-order valence-electron chi connectivity index (χ4n) is 4.06. The minimum atomic E-state index is -0.211. The normalized spacial score (nSPS) is 17.4. The first-order chi connectivity index (χ1) is 14.6. The molecule has 1 aliphatic rings. The van der Waals surface area contributed by atoms with Crippen molar-refractivity contribution in [1.29, 1.82) is 0 Å².